The minimum absolute atomic E-state index is 0.00135. The number of aryl methyl sites for hydroxylation is 2. The van der Waals surface area contributed by atoms with Gasteiger partial charge in [0.25, 0.3) is 5.91 Å². The molecule has 0 unspecified atom stereocenters. The second kappa shape index (κ2) is 9.77. The molecule has 4 rings (SSSR count). The third-order valence-electron chi connectivity index (χ3n) is 5.50. The Bertz CT molecular complexity index is 1060. The third kappa shape index (κ3) is 5.06. The summed E-state index contributed by atoms with van der Waals surface area (Å²) in [5, 5.41) is 0.725. The Morgan fingerprint density at radius 1 is 1.19 bits per heavy atom. The fraction of sp³-hybridized carbons (Fsp3) is 0.417. The number of amides is 1. The van der Waals surface area contributed by atoms with Gasteiger partial charge in [-0.3, -0.25) is 14.6 Å². The molecular formula is C24H29N3O3S. The van der Waals surface area contributed by atoms with Crippen LogP contribution in [-0.4, -0.2) is 61.8 Å². The molecule has 1 saturated heterocycles. The summed E-state index contributed by atoms with van der Waals surface area (Å²) in [6, 6.07) is 11.9. The largest absolute Gasteiger partial charge is 0.494 e. The number of carbonyl (C=O) groups is 1. The van der Waals surface area contributed by atoms with Crippen molar-refractivity contribution < 1.29 is 14.3 Å². The van der Waals surface area contributed by atoms with Gasteiger partial charge < -0.3 is 9.47 Å². The summed E-state index contributed by atoms with van der Waals surface area (Å²) < 4.78 is 12.1. The van der Waals surface area contributed by atoms with Crippen molar-refractivity contribution in [3.63, 3.8) is 0 Å². The van der Waals surface area contributed by atoms with Crippen molar-refractivity contribution in [2.24, 2.45) is 0 Å². The standard InChI is InChI=1S/C24H29N3O3S/c1-4-30-19-7-8-21-22(16-19)31-24(25-21)27(10-9-26-11-13-29-14-12-26)23(28)20-15-17(2)5-6-18(20)3/h5-8,15-16H,4,9-14H2,1-3H3. The van der Waals surface area contributed by atoms with E-state index in [0.29, 0.717) is 13.2 Å². The Morgan fingerprint density at radius 3 is 2.77 bits per heavy atom. The molecule has 0 N–H and O–H groups in total. The van der Waals surface area contributed by atoms with Crippen molar-refractivity contribution in [1.82, 2.24) is 9.88 Å². The topological polar surface area (TPSA) is 54.9 Å². The molecule has 1 aliphatic rings. The van der Waals surface area contributed by atoms with E-state index < -0.39 is 0 Å². The number of hydrogen-bond acceptors (Lipinski definition) is 6. The number of rotatable bonds is 7. The zero-order chi connectivity index (χ0) is 21.8. The Hall–Kier alpha value is -2.48. The van der Waals surface area contributed by atoms with E-state index in [1.54, 1.807) is 0 Å². The highest BCUT2D eigenvalue weighted by Crippen LogP contribution is 2.32. The van der Waals surface area contributed by atoms with Crippen LogP contribution in [0, 0.1) is 13.8 Å². The van der Waals surface area contributed by atoms with Gasteiger partial charge in [-0.25, -0.2) is 4.98 Å². The monoisotopic (exact) mass is 439 g/mol. The fourth-order valence-electron chi connectivity index (χ4n) is 3.73. The lowest BCUT2D eigenvalue weighted by Gasteiger charge is -2.29. The maximum absolute atomic E-state index is 13.7. The predicted octanol–water partition coefficient (Wildman–Crippen LogP) is 4.29. The van der Waals surface area contributed by atoms with Gasteiger partial charge in [0.1, 0.15) is 5.75 Å². The summed E-state index contributed by atoms with van der Waals surface area (Å²) in [5.74, 6) is 0.824. The molecule has 6 nitrogen and oxygen atoms in total. The van der Waals surface area contributed by atoms with E-state index in [2.05, 4.69) is 4.90 Å². The van der Waals surface area contributed by atoms with Crippen molar-refractivity contribution in [2.45, 2.75) is 20.8 Å². The Kier molecular flexibility index (Phi) is 6.85. The van der Waals surface area contributed by atoms with Gasteiger partial charge in [0, 0.05) is 31.7 Å². The second-order valence-electron chi connectivity index (χ2n) is 7.79. The van der Waals surface area contributed by atoms with E-state index in [9.17, 15) is 4.79 Å². The van der Waals surface area contributed by atoms with Crippen LogP contribution in [-0.2, 0) is 4.74 Å². The van der Waals surface area contributed by atoms with Gasteiger partial charge in [-0.15, -0.1) is 0 Å². The molecule has 0 aliphatic carbocycles. The van der Waals surface area contributed by atoms with E-state index in [1.807, 2.05) is 62.1 Å². The molecule has 31 heavy (non-hydrogen) atoms. The molecule has 2 heterocycles. The zero-order valence-electron chi connectivity index (χ0n) is 18.4. The van der Waals surface area contributed by atoms with Crippen molar-refractivity contribution in [3.8, 4) is 5.75 Å². The number of fused-ring (bicyclic) bond motifs is 1. The Labute approximate surface area is 187 Å². The van der Waals surface area contributed by atoms with Crippen LogP contribution >= 0.6 is 11.3 Å². The first kappa shape index (κ1) is 21.7. The van der Waals surface area contributed by atoms with Crippen molar-refractivity contribution in [1.29, 1.82) is 0 Å². The van der Waals surface area contributed by atoms with Gasteiger partial charge in [-0.05, 0) is 50.6 Å². The van der Waals surface area contributed by atoms with Gasteiger partial charge in [-0.1, -0.05) is 29.0 Å². The first-order chi connectivity index (χ1) is 15.0. The van der Waals surface area contributed by atoms with Gasteiger partial charge in [0.2, 0.25) is 0 Å². The summed E-state index contributed by atoms with van der Waals surface area (Å²) in [6.45, 7) is 11.2. The molecule has 1 amide bonds. The maximum Gasteiger partial charge on any atom is 0.260 e. The number of ether oxygens (including phenoxy) is 2. The van der Waals surface area contributed by atoms with Crippen LogP contribution in [0.4, 0.5) is 5.13 Å². The minimum atomic E-state index is -0.00135. The lowest BCUT2D eigenvalue weighted by Crippen LogP contribution is -2.43. The highest BCUT2D eigenvalue weighted by Gasteiger charge is 2.24. The van der Waals surface area contributed by atoms with Gasteiger partial charge in [0.05, 0.1) is 30.0 Å². The summed E-state index contributed by atoms with van der Waals surface area (Å²) in [6.07, 6.45) is 0. The molecule has 0 bridgehead atoms. The van der Waals surface area contributed by atoms with Gasteiger partial charge in [0.15, 0.2) is 5.13 Å². The average Bonchev–Trinajstić information content (AvgIpc) is 3.19. The summed E-state index contributed by atoms with van der Waals surface area (Å²) in [4.78, 5) is 22.6. The van der Waals surface area contributed by atoms with Crippen molar-refractivity contribution in [3.05, 3.63) is 53.1 Å². The van der Waals surface area contributed by atoms with Crippen LogP contribution < -0.4 is 9.64 Å². The Balaban J connectivity index is 1.66. The highest BCUT2D eigenvalue weighted by molar-refractivity contribution is 7.22. The summed E-state index contributed by atoms with van der Waals surface area (Å²) in [5.41, 5.74) is 3.67. The van der Waals surface area contributed by atoms with Crippen LogP contribution in [0.3, 0.4) is 0 Å². The van der Waals surface area contributed by atoms with Gasteiger partial charge >= 0.3 is 0 Å². The number of thiazole rings is 1. The molecule has 0 saturated carbocycles. The number of benzene rings is 2. The molecule has 164 valence electrons. The van der Waals surface area contributed by atoms with Crippen LogP contribution in [0.15, 0.2) is 36.4 Å². The number of anilines is 1. The summed E-state index contributed by atoms with van der Waals surface area (Å²) in [7, 11) is 0. The van der Waals surface area contributed by atoms with E-state index in [0.717, 1.165) is 70.6 Å². The lowest BCUT2D eigenvalue weighted by molar-refractivity contribution is 0.0391. The average molecular weight is 440 g/mol. The quantitative estimate of drug-likeness (QED) is 0.550. The zero-order valence-corrected chi connectivity index (χ0v) is 19.2. The summed E-state index contributed by atoms with van der Waals surface area (Å²) >= 11 is 1.54. The number of carbonyl (C=O) groups excluding carboxylic acids is 1. The van der Waals surface area contributed by atoms with Gasteiger partial charge in [-0.2, -0.15) is 0 Å². The molecular weight excluding hydrogens is 410 g/mol. The molecule has 1 fully saturated rings. The number of morpholine rings is 1. The smallest absolute Gasteiger partial charge is 0.260 e. The fourth-order valence-corrected chi connectivity index (χ4v) is 4.74. The molecule has 0 spiro atoms. The van der Waals surface area contributed by atoms with Crippen LogP contribution in [0.5, 0.6) is 5.75 Å². The molecule has 1 aromatic heterocycles. The van der Waals surface area contributed by atoms with E-state index in [-0.39, 0.29) is 5.91 Å². The normalized spacial score (nSPS) is 14.7. The minimum Gasteiger partial charge on any atom is -0.494 e. The molecule has 3 aromatic rings. The van der Waals surface area contributed by atoms with E-state index >= 15 is 0 Å². The Morgan fingerprint density at radius 2 is 2.00 bits per heavy atom. The molecule has 2 aromatic carbocycles. The maximum atomic E-state index is 13.7. The highest BCUT2D eigenvalue weighted by atomic mass is 32.1. The third-order valence-corrected chi connectivity index (χ3v) is 6.54. The SMILES string of the molecule is CCOc1ccc2nc(N(CCN3CCOCC3)C(=O)c3cc(C)ccc3C)sc2c1. The number of hydrogen-bond donors (Lipinski definition) is 0. The van der Waals surface area contributed by atoms with Crippen LogP contribution in [0.1, 0.15) is 28.4 Å². The number of nitrogens with zero attached hydrogens (tertiary/aromatic N) is 3. The van der Waals surface area contributed by atoms with Crippen LogP contribution in [0.2, 0.25) is 0 Å². The lowest BCUT2D eigenvalue weighted by atomic mass is 10.0. The molecule has 1 aliphatic heterocycles. The van der Waals surface area contributed by atoms with Crippen molar-refractivity contribution >= 4 is 32.6 Å². The number of aromatic nitrogens is 1. The molecule has 7 heteroatoms. The second-order valence-corrected chi connectivity index (χ2v) is 8.80. The van der Waals surface area contributed by atoms with E-state index in [4.69, 9.17) is 14.5 Å². The van der Waals surface area contributed by atoms with Crippen LogP contribution in [0.25, 0.3) is 10.2 Å². The predicted molar refractivity (Wildman–Crippen MR) is 126 cm³/mol. The van der Waals surface area contributed by atoms with E-state index in [1.165, 1.54) is 11.3 Å². The first-order valence-electron chi connectivity index (χ1n) is 10.8. The molecule has 0 radical (unpaired) electrons. The first-order valence-corrected chi connectivity index (χ1v) is 11.6. The van der Waals surface area contributed by atoms with Crippen molar-refractivity contribution in [2.75, 3.05) is 50.9 Å². The molecule has 0 atom stereocenters.